The second kappa shape index (κ2) is 7.13. The van der Waals surface area contributed by atoms with E-state index in [1.54, 1.807) is 0 Å². The second-order valence-electron chi connectivity index (χ2n) is 5.37. The van der Waals surface area contributed by atoms with Crippen molar-refractivity contribution >= 4 is 5.91 Å². The first-order valence-corrected chi connectivity index (χ1v) is 7.55. The zero-order valence-electron chi connectivity index (χ0n) is 12.4. The fraction of sp³-hybridized carbons (Fsp3) is 0.353. The number of carbonyl (C=O) groups excluding carboxylic acids is 1. The van der Waals surface area contributed by atoms with Crippen molar-refractivity contribution < 1.29 is 9.53 Å². The Morgan fingerprint density at radius 2 is 1.95 bits per heavy atom. The summed E-state index contributed by atoms with van der Waals surface area (Å²) in [4.78, 5) is 20.6. The van der Waals surface area contributed by atoms with Crippen LogP contribution in [0.15, 0.2) is 42.7 Å². The third kappa shape index (κ3) is 3.68. The molecule has 1 saturated heterocycles. The minimum atomic E-state index is 0.0594. The van der Waals surface area contributed by atoms with Crippen LogP contribution < -0.4 is 5.32 Å². The van der Waals surface area contributed by atoms with Crippen LogP contribution in [0.3, 0.4) is 0 Å². The molecule has 1 N–H and O–H groups in total. The van der Waals surface area contributed by atoms with Gasteiger partial charge in [-0.05, 0) is 18.9 Å². The highest BCUT2D eigenvalue weighted by Crippen LogP contribution is 2.17. The van der Waals surface area contributed by atoms with Crippen LogP contribution in [0, 0.1) is 5.92 Å². The smallest absolute Gasteiger partial charge is 0.223 e. The summed E-state index contributed by atoms with van der Waals surface area (Å²) in [7, 11) is 0. The maximum absolute atomic E-state index is 12.1. The van der Waals surface area contributed by atoms with Crippen molar-refractivity contribution in [2.75, 3.05) is 13.2 Å². The standard InChI is InChI=1S/C17H19N3O2/c21-17(14-6-8-22-9-7-14)18-11-15-10-16(20-12-19-15)13-4-2-1-3-5-13/h1-5,10,12,14H,6-9,11H2,(H,18,21). The van der Waals surface area contributed by atoms with Crippen molar-refractivity contribution in [2.24, 2.45) is 5.92 Å². The molecule has 1 aromatic heterocycles. The van der Waals surface area contributed by atoms with Gasteiger partial charge in [-0.2, -0.15) is 0 Å². The van der Waals surface area contributed by atoms with Gasteiger partial charge in [0.25, 0.3) is 0 Å². The minimum absolute atomic E-state index is 0.0594. The van der Waals surface area contributed by atoms with Crippen molar-refractivity contribution in [3.8, 4) is 11.3 Å². The molecule has 0 saturated carbocycles. The summed E-state index contributed by atoms with van der Waals surface area (Å²) in [6, 6.07) is 11.9. The molecular weight excluding hydrogens is 278 g/mol. The highest BCUT2D eigenvalue weighted by Gasteiger charge is 2.21. The number of nitrogens with one attached hydrogen (secondary N) is 1. The number of nitrogens with zero attached hydrogens (tertiary/aromatic N) is 2. The summed E-state index contributed by atoms with van der Waals surface area (Å²) >= 11 is 0. The first kappa shape index (κ1) is 14.7. The van der Waals surface area contributed by atoms with Gasteiger partial charge in [-0.25, -0.2) is 9.97 Å². The van der Waals surface area contributed by atoms with E-state index in [1.807, 2.05) is 36.4 Å². The molecule has 3 rings (SSSR count). The molecule has 114 valence electrons. The molecule has 5 heteroatoms. The lowest BCUT2D eigenvalue weighted by atomic mass is 9.99. The summed E-state index contributed by atoms with van der Waals surface area (Å²) in [5.74, 6) is 0.146. The average molecular weight is 297 g/mol. The summed E-state index contributed by atoms with van der Waals surface area (Å²) in [6.45, 7) is 1.77. The van der Waals surface area contributed by atoms with Gasteiger partial charge < -0.3 is 10.1 Å². The van der Waals surface area contributed by atoms with Gasteiger partial charge in [0.1, 0.15) is 6.33 Å². The first-order chi connectivity index (χ1) is 10.8. The number of ether oxygens (including phenoxy) is 1. The molecule has 2 heterocycles. The number of benzene rings is 1. The molecule has 0 spiro atoms. The van der Waals surface area contributed by atoms with E-state index in [-0.39, 0.29) is 11.8 Å². The Hall–Kier alpha value is -2.27. The number of hydrogen-bond donors (Lipinski definition) is 1. The average Bonchev–Trinajstić information content (AvgIpc) is 2.61. The van der Waals surface area contributed by atoms with Gasteiger partial charge in [0.2, 0.25) is 5.91 Å². The molecule has 0 atom stereocenters. The zero-order chi connectivity index (χ0) is 15.2. The van der Waals surface area contributed by atoms with Crippen molar-refractivity contribution in [3.63, 3.8) is 0 Å². The Kier molecular flexibility index (Phi) is 4.75. The van der Waals surface area contributed by atoms with E-state index in [4.69, 9.17) is 4.74 Å². The Balaban J connectivity index is 1.62. The predicted octanol–water partition coefficient (Wildman–Crippen LogP) is 2.19. The predicted molar refractivity (Wildman–Crippen MR) is 82.9 cm³/mol. The lowest BCUT2D eigenvalue weighted by molar-refractivity contribution is -0.128. The third-order valence-corrected chi connectivity index (χ3v) is 3.83. The van der Waals surface area contributed by atoms with Crippen molar-refractivity contribution in [2.45, 2.75) is 19.4 Å². The maximum Gasteiger partial charge on any atom is 0.223 e. The van der Waals surface area contributed by atoms with Crippen LogP contribution in [0.5, 0.6) is 0 Å². The molecule has 1 fully saturated rings. The summed E-state index contributed by atoms with van der Waals surface area (Å²) in [6.07, 6.45) is 3.13. The van der Waals surface area contributed by atoms with E-state index in [2.05, 4.69) is 15.3 Å². The molecule has 1 aliphatic rings. The normalized spacial score (nSPS) is 15.5. The summed E-state index contributed by atoms with van der Waals surface area (Å²) in [5.41, 5.74) is 2.72. The van der Waals surface area contributed by atoms with Gasteiger partial charge in [0.05, 0.1) is 17.9 Å². The second-order valence-corrected chi connectivity index (χ2v) is 5.37. The number of rotatable bonds is 4. The van der Waals surface area contributed by atoms with Crippen LogP contribution in [0.1, 0.15) is 18.5 Å². The maximum atomic E-state index is 12.1. The first-order valence-electron chi connectivity index (χ1n) is 7.55. The third-order valence-electron chi connectivity index (χ3n) is 3.83. The number of amides is 1. The number of hydrogen-bond acceptors (Lipinski definition) is 4. The number of carbonyl (C=O) groups is 1. The molecule has 1 amide bonds. The molecule has 2 aromatic rings. The Labute approximate surface area is 129 Å². The summed E-state index contributed by atoms with van der Waals surface area (Å²) in [5, 5.41) is 2.96. The molecule has 1 aromatic carbocycles. The molecule has 0 aliphatic carbocycles. The molecular formula is C17H19N3O2. The van der Waals surface area contributed by atoms with Gasteiger partial charge in [-0.3, -0.25) is 4.79 Å². The van der Waals surface area contributed by atoms with Crippen molar-refractivity contribution in [3.05, 3.63) is 48.4 Å². The van der Waals surface area contributed by atoms with Gasteiger partial charge in [0, 0.05) is 24.7 Å². The molecule has 0 radical (unpaired) electrons. The van der Waals surface area contributed by atoms with E-state index in [9.17, 15) is 4.79 Å². The van der Waals surface area contributed by atoms with Crippen molar-refractivity contribution in [1.82, 2.24) is 15.3 Å². The van der Waals surface area contributed by atoms with Crippen LogP contribution >= 0.6 is 0 Å². The van der Waals surface area contributed by atoms with Gasteiger partial charge in [-0.1, -0.05) is 30.3 Å². The van der Waals surface area contributed by atoms with E-state index >= 15 is 0 Å². The fourth-order valence-corrected chi connectivity index (χ4v) is 2.54. The van der Waals surface area contributed by atoms with Gasteiger partial charge >= 0.3 is 0 Å². The van der Waals surface area contributed by atoms with Crippen molar-refractivity contribution in [1.29, 1.82) is 0 Å². The van der Waals surface area contributed by atoms with Crippen LogP contribution in [-0.2, 0) is 16.1 Å². The quantitative estimate of drug-likeness (QED) is 0.939. The topological polar surface area (TPSA) is 64.1 Å². The molecule has 1 aliphatic heterocycles. The van der Waals surface area contributed by atoms with Crippen LogP contribution in [0.25, 0.3) is 11.3 Å². The molecule has 0 unspecified atom stereocenters. The Bertz CT molecular complexity index is 625. The molecule has 0 bridgehead atoms. The van der Waals surface area contributed by atoms with Crippen LogP contribution in [0.2, 0.25) is 0 Å². The van der Waals surface area contributed by atoms with Crippen LogP contribution in [0.4, 0.5) is 0 Å². The molecule has 22 heavy (non-hydrogen) atoms. The highest BCUT2D eigenvalue weighted by atomic mass is 16.5. The van der Waals surface area contributed by atoms with Gasteiger partial charge in [-0.15, -0.1) is 0 Å². The Morgan fingerprint density at radius 3 is 2.73 bits per heavy atom. The zero-order valence-corrected chi connectivity index (χ0v) is 12.4. The Morgan fingerprint density at radius 1 is 1.18 bits per heavy atom. The minimum Gasteiger partial charge on any atom is -0.381 e. The highest BCUT2D eigenvalue weighted by molar-refractivity contribution is 5.78. The van der Waals surface area contributed by atoms with E-state index < -0.39 is 0 Å². The number of aromatic nitrogens is 2. The van der Waals surface area contributed by atoms with Crippen LogP contribution in [-0.4, -0.2) is 29.1 Å². The largest absolute Gasteiger partial charge is 0.381 e. The summed E-state index contributed by atoms with van der Waals surface area (Å²) < 4.78 is 5.28. The van der Waals surface area contributed by atoms with E-state index in [0.29, 0.717) is 19.8 Å². The van der Waals surface area contributed by atoms with E-state index in [1.165, 1.54) is 6.33 Å². The SMILES string of the molecule is O=C(NCc1cc(-c2ccccc2)ncn1)C1CCOCC1. The molecule has 5 nitrogen and oxygen atoms in total. The van der Waals surface area contributed by atoms with Gasteiger partial charge in [0.15, 0.2) is 0 Å². The fourth-order valence-electron chi connectivity index (χ4n) is 2.54. The lowest BCUT2D eigenvalue weighted by Crippen LogP contribution is -2.34. The van der Waals surface area contributed by atoms with E-state index in [0.717, 1.165) is 29.8 Å². The lowest BCUT2D eigenvalue weighted by Gasteiger charge is -2.21. The monoisotopic (exact) mass is 297 g/mol.